The Bertz CT molecular complexity index is 1390. The molecule has 0 fully saturated rings. The third kappa shape index (κ3) is 8.62. The fourth-order valence-corrected chi connectivity index (χ4v) is 4.29. The normalized spacial score (nSPS) is 14.7. The molecule has 0 aliphatic heterocycles. The van der Waals surface area contributed by atoms with Gasteiger partial charge in [0.1, 0.15) is 12.1 Å². The number of aliphatic hydroxyl groups is 1. The number of primary amides is 1. The summed E-state index contributed by atoms with van der Waals surface area (Å²) in [6, 6.07) is 10.6. The lowest BCUT2D eigenvalue weighted by Crippen LogP contribution is -2.59. The molecule has 0 saturated carbocycles. The number of nitrogens with two attached hydrogens (primary N) is 2. The third-order valence-corrected chi connectivity index (χ3v) is 6.45. The molecule has 0 radical (unpaired) electrons. The van der Waals surface area contributed by atoms with Crippen LogP contribution in [0.2, 0.25) is 0 Å². The number of rotatable bonds is 14. The number of carbonyl (C=O) groups is 5. The smallest absolute Gasteiger partial charge is 0.328 e. The van der Waals surface area contributed by atoms with E-state index in [-0.39, 0.29) is 12.8 Å². The van der Waals surface area contributed by atoms with Gasteiger partial charge in [0.25, 0.3) is 0 Å². The predicted octanol–water partition coefficient (Wildman–Crippen LogP) is -0.924. The number of hydrogen-bond donors (Lipinski definition) is 8. The van der Waals surface area contributed by atoms with Crippen molar-refractivity contribution in [2.24, 2.45) is 11.5 Å². The summed E-state index contributed by atoms with van der Waals surface area (Å²) in [6.07, 6.45) is -0.201. The van der Waals surface area contributed by atoms with Crippen LogP contribution in [-0.2, 0) is 36.8 Å². The number of benzene rings is 2. The molecule has 10 N–H and O–H groups in total. The zero-order valence-electron chi connectivity index (χ0n) is 22.4. The van der Waals surface area contributed by atoms with Gasteiger partial charge in [-0.25, -0.2) is 4.79 Å². The van der Waals surface area contributed by atoms with E-state index in [9.17, 15) is 34.2 Å². The molecule has 0 saturated heterocycles. The maximum absolute atomic E-state index is 13.6. The highest BCUT2D eigenvalue weighted by Gasteiger charge is 2.32. The van der Waals surface area contributed by atoms with E-state index in [1.165, 1.54) is 6.92 Å². The standard InChI is InChI=1S/C28H34N6O7/c1-15(35)24(28(40)41)34-27(39)22(12-17-14-31-20-10-6-5-9-18(17)20)33-26(38)21(11-16-7-3-2-4-8-16)32-25(37)19(29)13-23(30)36/h2-10,14-15,19,21-22,24,31,35H,11-13,29H2,1H3,(H2,30,36)(H,32,37)(H,33,38)(H,34,39)(H,40,41). The van der Waals surface area contributed by atoms with Crippen molar-refractivity contribution >= 4 is 40.5 Å². The van der Waals surface area contributed by atoms with Crippen LogP contribution in [0.3, 0.4) is 0 Å². The molecular formula is C28H34N6O7. The van der Waals surface area contributed by atoms with Crippen LogP contribution >= 0.6 is 0 Å². The van der Waals surface area contributed by atoms with Gasteiger partial charge >= 0.3 is 5.97 Å². The number of carboxylic acid groups (broad SMARTS) is 1. The van der Waals surface area contributed by atoms with Gasteiger partial charge < -0.3 is 42.6 Å². The second kappa shape index (κ2) is 14.1. The Morgan fingerprint density at radius 3 is 2.07 bits per heavy atom. The van der Waals surface area contributed by atoms with Crippen molar-refractivity contribution in [3.63, 3.8) is 0 Å². The summed E-state index contributed by atoms with van der Waals surface area (Å²) in [6.45, 7) is 1.22. The van der Waals surface area contributed by atoms with E-state index in [0.717, 1.165) is 10.9 Å². The number of amides is 4. The van der Waals surface area contributed by atoms with Crippen LogP contribution in [0.25, 0.3) is 10.9 Å². The van der Waals surface area contributed by atoms with Crippen molar-refractivity contribution in [3.05, 3.63) is 71.9 Å². The quantitative estimate of drug-likeness (QED) is 0.121. The van der Waals surface area contributed by atoms with Crippen LogP contribution in [0, 0.1) is 0 Å². The SMILES string of the molecule is CC(O)C(NC(=O)C(Cc1c[nH]c2ccccc12)NC(=O)C(Cc1ccccc1)NC(=O)C(N)CC(N)=O)C(=O)O. The molecule has 41 heavy (non-hydrogen) atoms. The predicted molar refractivity (Wildman–Crippen MR) is 149 cm³/mol. The van der Waals surface area contributed by atoms with Gasteiger partial charge in [-0.3, -0.25) is 19.2 Å². The molecule has 218 valence electrons. The molecule has 2 aromatic carbocycles. The fourth-order valence-electron chi connectivity index (χ4n) is 4.29. The number of aromatic nitrogens is 1. The molecule has 13 heteroatoms. The summed E-state index contributed by atoms with van der Waals surface area (Å²) in [5.41, 5.74) is 13.1. The minimum Gasteiger partial charge on any atom is -0.480 e. The lowest BCUT2D eigenvalue weighted by Gasteiger charge is -2.26. The summed E-state index contributed by atoms with van der Waals surface area (Å²) in [7, 11) is 0. The van der Waals surface area contributed by atoms with Crippen molar-refractivity contribution in [3.8, 4) is 0 Å². The number of carbonyl (C=O) groups excluding carboxylic acids is 4. The summed E-state index contributed by atoms with van der Waals surface area (Å²) >= 11 is 0. The minimum absolute atomic E-state index is 0.0224. The monoisotopic (exact) mass is 566 g/mol. The second-order valence-electron chi connectivity index (χ2n) is 9.72. The Morgan fingerprint density at radius 2 is 1.44 bits per heavy atom. The first-order valence-electron chi connectivity index (χ1n) is 12.9. The van der Waals surface area contributed by atoms with Gasteiger partial charge in [0.15, 0.2) is 6.04 Å². The highest BCUT2D eigenvalue weighted by atomic mass is 16.4. The number of para-hydroxylation sites is 1. The van der Waals surface area contributed by atoms with Gasteiger partial charge in [-0.1, -0.05) is 48.5 Å². The van der Waals surface area contributed by atoms with E-state index >= 15 is 0 Å². The summed E-state index contributed by atoms with van der Waals surface area (Å²) < 4.78 is 0. The van der Waals surface area contributed by atoms with Gasteiger partial charge in [0.2, 0.25) is 23.6 Å². The third-order valence-electron chi connectivity index (χ3n) is 6.45. The molecule has 3 rings (SSSR count). The molecule has 13 nitrogen and oxygen atoms in total. The number of H-pyrrole nitrogens is 1. The Labute approximate surface area is 235 Å². The molecule has 0 bridgehead atoms. The van der Waals surface area contributed by atoms with Crippen LogP contribution in [0.15, 0.2) is 60.8 Å². The molecule has 4 amide bonds. The van der Waals surface area contributed by atoms with Crippen molar-refractivity contribution in [1.29, 1.82) is 0 Å². The lowest BCUT2D eigenvalue weighted by atomic mass is 10.0. The van der Waals surface area contributed by atoms with Crippen molar-refractivity contribution in [1.82, 2.24) is 20.9 Å². The molecule has 5 atom stereocenters. The molecular weight excluding hydrogens is 532 g/mol. The van der Waals surface area contributed by atoms with Crippen LogP contribution in [0.4, 0.5) is 0 Å². The fraction of sp³-hybridized carbons (Fsp3) is 0.321. The summed E-state index contributed by atoms with van der Waals surface area (Å²) in [4.78, 5) is 65.6. The van der Waals surface area contributed by atoms with E-state index in [1.807, 2.05) is 24.3 Å². The van der Waals surface area contributed by atoms with E-state index in [2.05, 4.69) is 20.9 Å². The van der Waals surface area contributed by atoms with Gasteiger partial charge in [-0.05, 0) is 24.1 Å². The second-order valence-corrected chi connectivity index (χ2v) is 9.72. The molecule has 1 aromatic heterocycles. The first kappa shape index (κ1) is 30.8. The van der Waals surface area contributed by atoms with Gasteiger partial charge in [0.05, 0.1) is 18.6 Å². The highest BCUT2D eigenvalue weighted by Crippen LogP contribution is 2.19. The Kier molecular flexibility index (Phi) is 10.6. The Balaban J connectivity index is 1.90. The van der Waals surface area contributed by atoms with Crippen molar-refractivity contribution in [2.45, 2.75) is 56.5 Å². The Hall–Kier alpha value is -4.75. The molecule has 5 unspecified atom stereocenters. The summed E-state index contributed by atoms with van der Waals surface area (Å²) in [5, 5.41) is 27.6. The molecule has 0 aliphatic carbocycles. The van der Waals surface area contributed by atoms with E-state index < -0.39 is 66.3 Å². The van der Waals surface area contributed by atoms with Gasteiger partial charge in [-0.15, -0.1) is 0 Å². The molecule has 0 aliphatic rings. The van der Waals surface area contributed by atoms with Crippen molar-refractivity contribution < 1.29 is 34.2 Å². The number of fused-ring (bicyclic) bond motifs is 1. The van der Waals surface area contributed by atoms with Crippen molar-refractivity contribution in [2.75, 3.05) is 0 Å². The average Bonchev–Trinajstić information content (AvgIpc) is 3.33. The maximum atomic E-state index is 13.6. The van der Waals surface area contributed by atoms with E-state index in [0.29, 0.717) is 11.1 Å². The zero-order valence-corrected chi connectivity index (χ0v) is 22.4. The largest absolute Gasteiger partial charge is 0.480 e. The van der Waals surface area contributed by atoms with E-state index in [1.54, 1.807) is 36.5 Å². The first-order chi connectivity index (χ1) is 19.5. The van der Waals surface area contributed by atoms with Crippen LogP contribution < -0.4 is 27.4 Å². The average molecular weight is 567 g/mol. The lowest BCUT2D eigenvalue weighted by molar-refractivity contribution is -0.145. The highest BCUT2D eigenvalue weighted by molar-refractivity contribution is 5.95. The Morgan fingerprint density at radius 1 is 0.854 bits per heavy atom. The molecule has 0 spiro atoms. The number of hydrogen-bond acceptors (Lipinski definition) is 7. The maximum Gasteiger partial charge on any atom is 0.328 e. The van der Waals surface area contributed by atoms with Crippen LogP contribution in [0.1, 0.15) is 24.5 Å². The number of carboxylic acids is 1. The zero-order chi connectivity index (χ0) is 30.1. The first-order valence-corrected chi connectivity index (χ1v) is 12.9. The number of aliphatic hydroxyl groups excluding tert-OH is 1. The van der Waals surface area contributed by atoms with Crippen LogP contribution in [-0.4, -0.2) is 75.1 Å². The topological polar surface area (TPSA) is 230 Å². The number of nitrogens with one attached hydrogen (secondary N) is 4. The van der Waals surface area contributed by atoms with Gasteiger partial charge in [-0.2, -0.15) is 0 Å². The minimum atomic E-state index is -1.63. The number of aliphatic carboxylic acids is 1. The van der Waals surface area contributed by atoms with E-state index in [4.69, 9.17) is 11.5 Å². The number of aromatic amines is 1. The van der Waals surface area contributed by atoms with Gasteiger partial charge in [0, 0.05) is 29.9 Å². The molecule has 1 heterocycles. The van der Waals surface area contributed by atoms with Crippen LogP contribution in [0.5, 0.6) is 0 Å². The summed E-state index contributed by atoms with van der Waals surface area (Å²) in [5.74, 6) is -4.65. The molecule has 3 aromatic rings.